The van der Waals surface area contributed by atoms with Crippen molar-refractivity contribution in [2.24, 2.45) is 0 Å². The highest BCUT2D eigenvalue weighted by molar-refractivity contribution is 5.85. The van der Waals surface area contributed by atoms with Crippen LogP contribution in [0.5, 0.6) is 0 Å². The highest BCUT2D eigenvalue weighted by Gasteiger charge is 2.08. The first kappa shape index (κ1) is 13.4. The Kier molecular flexibility index (Phi) is 5.38. The van der Waals surface area contributed by atoms with E-state index in [9.17, 15) is 4.79 Å². The summed E-state index contributed by atoms with van der Waals surface area (Å²) in [6.45, 7) is 1.62. The zero-order chi connectivity index (χ0) is 12.7. The van der Waals surface area contributed by atoms with E-state index in [1.54, 1.807) is 13.2 Å². The minimum atomic E-state index is -1.05. The predicted molar refractivity (Wildman–Crippen MR) is 62.4 cm³/mol. The van der Waals surface area contributed by atoms with Crippen LogP contribution >= 0.6 is 0 Å². The van der Waals surface area contributed by atoms with Gasteiger partial charge in [0.25, 0.3) is 0 Å². The van der Waals surface area contributed by atoms with Crippen molar-refractivity contribution in [1.82, 2.24) is 4.98 Å². The summed E-state index contributed by atoms with van der Waals surface area (Å²) in [5.41, 5.74) is 0.769. The molecule has 2 N–H and O–H groups in total. The van der Waals surface area contributed by atoms with Crippen LogP contribution in [0.3, 0.4) is 0 Å². The van der Waals surface area contributed by atoms with Gasteiger partial charge in [-0.15, -0.1) is 0 Å². The third-order valence-corrected chi connectivity index (χ3v) is 2.27. The molecule has 1 rings (SSSR count). The number of aromatic carboxylic acids is 1. The van der Waals surface area contributed by atoms with Gasteiger partial charge in [-0.3, -0.25) is 0 Å². The lowest BCUT2D eigenvalue weighted by molar-refractivity contribution is 0.0690. The maximum atomic E-state index is 10.6. The molecule has 0 amide bonds. The molecule has 0 saturated heterocycles. The van der Waals surface area contributed by atoms with Crippen LogP contribution < -0.4 is 4.90 Å². The molecule has 0 aliphatic heterocycles. The van der Waals surface area contributed by atoms with E-state index in [2.05, 4.69) is 4.98 Å². The number of hydrogen-bond acceptors (Lipinski definition) is 5. The molecule has 1 heterocycles. The average molecular weight is 240 g/mol. The smallest absolute Gasteiger partial charge is 0.354 e. The number of carboxylic acid groups (broad SMARTS) is 1. The fourth-order valence-electron chi connectivity index (χ4n) is 1.39. The Balaban J connectivity index is 2.75. The van der Waals surface area contributed by atoms with Crippen molar-refractivity contribution >= 4 is 11.7 Å². The zero-order valence-corrected chi connectivity index (χ0v) is 9.67. The lowest BCUT2D eigenvalue weighted by Crippen LogP contribution is -2.30. The monoisotopic (exact) mass is 240 g/mol. The number of aliphatic hydroxyl groups excluding tert-OH is 1. The van der Waals surface area contributed by atoms with Gasteiger partial charge in [0.05, 0.1) is 25.1 Å². The number of methoxy groups -OCH3 is 1. The predicted octanol–water partition coefficient (Wildman–Crippen LogP) is 0.225. The third kappa shape index (κ3) is 4.01. The number of hydrogen-bond donors (Lipinski definition) is 2. The molecule has 0 aliphatic carbocycles. The summed E-state index contributed by atoms with van der Waals surface area (Å²) >= 11 is 0. The molecule has 0 fully saturated rings. The van der Waals surface area contributed by atoms with Gasteiger partial charge in [-0.1, -0.05) is 0 Å². The second-order valence-electron chi connectivity index (χ2n) is 3.41. The van der Waals surface area contributed by atoms with Gasteiger partial charge in [0.2, 0.25) is 0 Å². The Morgan fingerprint density at radius 1 is 1.47 bits per heavy atom. The minimum Gasteiger partial charge on any atom is -0.477 e. The molecular weight excluding hydrogens is 224 g/mol. The van der Waals surface area contributed by atoms with Crippen LogP contribution in [0.2, 0.25) is 0 Å². The normalized spacial score (nSPS) is 10.2. The summed E-state index contributed by atoms with van der Waals surface area (Å²) in [6, 6.07) is 3.11. The van der Waals surface area contributed by atoms with E-state index >= 15 is 0 Å². The van der Waals surface area contributed by atoms with Crippen LogP contribution in [-0.4, -0.2) is 54.6 Å². The van der Waals surface area contributed by atoms with Gasteiger partial charge >= 0.3 is 5.97 Å². The van der Waals surface area contributed by atoms with Crippen LogP contribution in [-0.2, 0) is 4.74 Å². The third-order valence-electron chi connectivity index (χ3n) is 2.27. The average Bonchev–Trinajstić information content (AvgIpc) is 2.34. The summed E-state index contributed by atoms with van der Waals surface area (Å²) in [5, 5.41) is 17.7. The van der Waals surface area contributed by atoms with E-state index in [1.807, 2.05) is 4.90 Å². The standard InChI is InChI=1S/C11H16N2O4/c1-17-7-5-13(4-6-14)9-2-3-10(11(15)16)12-8-9/h2-3,8,14H,4-7H2,1H3,(H,15,16). The largest absolute Gasteiger partial charge is 0.477 e. The van der Waals surface area contributed by atoms with Gasteiger partial charge in [0.1, 0.15) is 5.69 Å². The molecule has 0 radical (unpaired) electrons. The Morgan fingerprint density at radius 2 is 2.24 bits per heavy atom. The Hall–Kier alpha value is -1.66. The van der Waals surface area contributed by atoms with E-state index in [4.69, 9.17) is 14.9 Å². The molecule has 0 aromatic carbocycles. The SMILES string of the molecule is COCCN(CCO)c1ccc(C(=O)O)nc1. The Morgan fingerprint density at radius 3 is 2.71 bits per heavy atom. The number of aromatic nitrogens is 1. The maximum absolute atomic E-state index is 10.6. The minimum absolute atomic E-state index is 0.00411. The summed E-state index contributed by atoms with van der Waals surface area (Å²) in [4.78, 5) is 16.3. The van der Waals surface area contributed by atoms with Gasteiger partial charge in [0.15, 0.2) is 0 Å². The van der Waals surface area contributed by atoms with Crippen molar-refractivity contribution in [3.8, 4) is 0 Å². The molecule has 0 spiro atoms. The molecule has 94 valence electrons. The first-order chi connectivity index (χ1) is 8.19. The quantitative estimate of drug-likeness (QED) is 0.709. The summed E-state index contributed by atoms with van der Waals surface area (Å²) in [7, 11) is 1.60. The zero-order valence-electron chi connectivity index (χ0n) is 9.67. The van der Waals surface area contributed by atoms with Gasteiger partial charge in [-0.05, 0) is 12.1 Å². The molecule has 17 heavy (non-hydrogen) atoms. The molecule has 0 bridgehead atoms. The van der Waals surface area contributed by atoms with Gasteiger partial charge in [-0.25, -0.2) is 9.78 Å². The van der Waals surface area contributed by atoms with Crippen LogP contribution in [0.4, 0.5) is 5.69 Å². The lowest BCUT2D eigenvalue weighted by Gasteiger charge is -2.23. The van der Waals surface area contributed by atoms with Gasteiger partial charge in [-0.2, -0.15) is 0 Å². The summed E-state index contributed by atoms with van der Waals surface area (Å²) in [5.74, 6) is -1.05. The molecule has 0 saturated carbocycles. The second kappa shape index (κ2) is 6.82. The van der Waals surface area contributed by atoms with Crippen LogP contribution in [0.15, 0.2) is 18.3 Å². The number of anilines is 1. The van der Waals surface area contributed by atoms with E-state index in [-0.39, 0.29) is 12.3 Å². The van der Waals surface area contributed by atoms with Crippen molar-refractivity contribution in [2.75, 3.05) is 38.3 Å². The number of nitrogens with zero attached hydrogens (tertiary/aromatic N) is 2. The van der Waals surface area contributed by atoms with E-state index in [0.29, 0.717) is 19.7 Å². The molecule has 1 aromatic heterocycles. The fourth-order valence-corrected chi connectivity index (χ4v) is 1.39. The van der Waals surface area contributed by atoms with Crippen LogP contribution in [0.1, 0.15) is 10.5 Å². The molecule has 0 atom stereocenters. The second-order valence-corrected chi connectivity index (χ2v) is 3.41. The van der Waals surface area contributed by atoms with Gasteiger partial charge in [0, 0.05) is 20.2 Å². The molecule has 0 unspecified atom stereocenters. The van der Waals surface area contributed by atoms with E-state index in [0.717, 1.165) is 5.69 Å². The highest BCUT2D eigenvalue weighted by Crippen LogP contribution is 2.12. The van der Waals surface area contributed by atoms with Crippen molar-refractivity contribution in [3.05, 3.63) is 24.0 Å². The number of carboxylic acids is 1. The molecular formula is C11H16N2O4. The van der Waals surface area contributed by atoms with Crippen molar-refractivity contribution in [3.63, 3.8) is 0 Å². The molecule has 1 aromatic rings. The van der Waals surface area contributed by atoms with E-state index < -0.39 is 5.97 Å². The highest BCUT2D eigenvalue weighted by atomic mass is 16.5. The number of pyridine rings is 1. The topological polar surface area (TPSA) is 82.9 Å². The van der Waals surface area contributed by atoms with Crippen LogP contribution in [0, 0.1) is 0 Å². The van der Waals surface area contributed by atoms with Crippen LogP contribution in [0.25, 0.3) is 0 Å². The summed E-state index contributed by atoms with van der Waals surface area (Å²) in [6.07, 6.45) is 1.48. The number of aliphatic hydroxyl groups is 1. The number of rotatable bonds is 7. The molecule has 6 heteroatoms. The molecule has 6 nitrogen and oxygen atoms in total. The van der Waals surface area contributed by atoms with Crippen molar-refractivity contribution in [1.29, 1.82) is 0 Å². The maximum Gasteiger partial charge on any atom is 0.354 e. The first-order valence-corrected chi connectivity index (χ1v) is 5.23. The Bertz CT molecular complexity index is 353. The lowest BCUT2D eigenvalue weighted by atomic mass is 10.3. The van der Waals surface area contributed by atoms with E-state index in [1.165, 1.54) is 12.3 Å². The summed E-state index contributed by atoms with van der Waals surface area (Å²) < 4.78 is 4.96. The van der Waals surface area contributed by atoms with Gasteiger partial charge < -0.3 is 19.8 Å². The number of carbonyl (C=O) groups is 1. The fraction of sp³-hybridized carbons (Fsp3) is 0.455. The van der Waals surface area contributed by atoms with Crippen molar-refractivity contribution < 1.29 is 19.7 Å². The first-order valence-electron chi connectivity index (χ1n) is 5.23. The van der Waals surface area contributed by atoms with Crippen molar-refractivity contribution in [2.45, 2.75) is 0 Å². The molecule has 0 aliphatic rings. The number of ether oxygens (including phenoxy) is 1. The Labute approximate surface area is 99.5 Å².